The third-order valence-corrected chi connectivity index (χ3v) is 4.64. The van der Waals surface area contributed by atoms with Gasteiger partial charge >= 0.3 is 0 Å². The van der Waals surface area contributed by atoms with Crippen molar-refractivity contribution in [3.8, 4) is 5.75 Å². The van der Waals surface area contributed by atoms with Crippen LogP contribution in [0.2, 0.25) is 0 Å². The standard InChI is InChI=1S/C17H18BrClO/c1-11-4-5-13(8-12(11)2)9-17(19)15-10-14(20-3)6-7-16(15)18/h4-8,10,17H,9H2,1-3H3. The van der Waals surface area contributed by atoms with Crippen molar-refractivity contribution in [2.24, 2.45) is 0 Å². The van der Waals surface area contributed by atoms with Gasteiger partial charge in [-0.1, -0.05) is 34.1 Å². The maximum Gasteiger partial charge on any atom is 0.119 e. The summed E-state index contributed by atoms with van der Waals surface area (Å²) >= 11 is 10.1. The Kier molecular flexibility index (Phi) is 5.11. The summed E-state index contributed by atoms with van der Waals surface area (Å²) < 4.78 is 6.28. The average Bonchev–Trinajstić information content (AvgIpc) is 2.43. The van der Waals surface area contributed by atoms with Crippen molar-refractivity contribution in [2.75, 3.05) is 7.11 Å². The third-order valence-electron chi connectivity index (χ3n) is 3.53. The highest BCUT2D eigenvalue weighted by atomic mass is 79.9. The SMILES string of the molecule is COc1ccc(Br)c(C(Cl)Cc2ccc(C)c(C)c2)c1. The zero-order valence-corrected chi connectivity index (χ0v) is 14.3. The average molecular weight is 354 g/mol. The Morgan fingerprint density at radius 1 is 1.10 bits per heavy atom. The summed E-state index contributed by atoms with van der Waals surface area (Å²) in [4.78, 5) is 0. The van der Waals surface area contributed by atoms with Gasteiger partial charge in [0.05, 0.1) is 12.5 Å². The van der Waals surface area contributed by atoms with Gasteiger partial charge in [-0.2, -0.15) is 0 Å². The second kappa shape index (κ2) is 6.64. The Labute approximate surface area is 134 Å². The van der Waals surface area contributed by atoms with Crippen LogP contribution in [-0.2, 0) is 6.42 Å². The molecule has 0 radical (unpaired) electrons. The van der Waals surface area contributed by atoms with Gasteiger partial charge in [-0.3, -0.25) is 0 Å². The predicted octanol–water partition coefficient (Wildman–Crippen LogP) is 5.60. The zero-order valence-electron chi connectivity index (χ0n) is 11.9. The lowest BCUT2D eigenvalue weighted by Crippen LogP contribution is -1.99. The number of rotatable bonds is 4. The van der Waals surface area contributed by atoms with Crippen LogP contribution >= 0.6 is 27.5 Å². The largest absolute Gasteiger partial charge is 0.497 e. The van der Waals surface area contributed by atoms with E-state index in [0.29, 0.717) is 0 Å². The molecule has 1 unspecified atom stereocenters. The van der Waals surface area contributed by atoms with Crippen molar-refractivity contribution in [1.82, 2.24) is 0 Å². The number of ether oxygens (including phenoxy) is 1. The maximum atomic E-state index is 6.58. The number of alkyl halides is 1. The molecule has 0 aromatic heterocycles. The Morgan fingerprint density at radius 3 is 2.50 bits per heavy atom. The minimum absolute atomic E-state index is 0.0819. The Morgan fingerprint density at radius 2 is 1.85 bits per heavy atom. The van der Waals surface area contributed by atoms with Gasteiger partial charge in [0, 0.05) is 4.47 Å². The van der Waals surface area contributed by atoms with Crippen LogP contribution in [0.1, 0.15) is 27.6 Å². The van der Waals surface area contributed by atoms with E-state index in [9.17, 15) is 0 Å². The molecule has 2 aromatic rings. The van der Waals surface area contributed by atoms with E-state index >= 15 is 0 Å². The van der Waals surface area contributed by atoms with Crippen LogP contribution in [-0.4, -0.2) is 7.11 Å². The van der Waals surface area contributed by atoms with Gasteiger partial charge in [-0.05, 0) is 60.7 Å². The van der Waals surface area contributed by atoms with Crippen molar-refractivity contribution < 1.29 is 4.74 Å². The summed E-state index contributed by atoms with van der Waals surface area (Å²) in [6, 6.07) is 12.4. The molecular weight excluding hydrogens is 336 g/mol. The second-order valence-electron chi connectivity index (χ2n) is 4.98. The molecule has 0 saturated heterocycles. The fraction of sp³-hybridized carbons (Fsp3) is 0.294. The van der Waals surface area contributed by atoms with Crippen LogP contribution in [0.15, 0.2) is 40.9 Å². The number of hydrogen-bond donors (Lipinski definition) is 0. The van der Waals surface area contributed by atoms with E-state index in [-0.39, 0.29) is 5.38 Å². The molecule has 0 bridgehead atoms. The first-order chi connectivity index (χ1) is 9.51. The molecule has 0 amide bonds. The quantitative estimate of drug-likeness (QED) is 0.650. The maximum absolute atomic E-state index is 6.58. The molecule has 1 nitrogen and oxygen atoms in total. The van der Waals surface area contributed by atoms with E-state index in [1.165, 1.54) is 16.7 Å². The van der Waals surface area contributed by atoms with Crippen LogP contribution in [0.5, 0.6) is 5.75 Å². The van der Waals surface area contributed by atoms with Crippen molar-refractivity contribution >= 4 is 27.5 Å². The van der Waals surface area contributed by atoms with Crippen molar-refractivity contribution in [3.63, 3.8) is 0 Å². The van der Waals surface area contributed by atoms with Crippen LogP contribution in [0, 0.1) is 13.8 Å². The highest BCUT2D eigenvalue weighted by Crippen LogP contribution is 2.33. The Bertz CT molecular complexity index is 610. The first kappa shape index (κ1) is 15.4. The summed E-state index contributed by atoms with van der Waals surface area (Å²) in [6.07, 6.45) is 0.800. The highest BCUT2D eigenvalue weighted by Gasteiger charge is 2.14. The van der Waals surface area contributed by atoms with Gasteiger partial charge in [0.25, 0.3) is 0 Å². The van der Waals surface area contributed by atoms with E-state index in [4.69, 9.17) is 16.3 Å². The monoisotopic (exact) mass is 352 g/mol. The molecular formula is C17H18BrClO. The molecule has 0 N–H and O–H groups in total. The zero-order chi connectivity index (χ0) is 14.7. The first-order valence-corrected chi connectivity index (χ1v) is 7.78. The summed E-state index contributed by atoms with van der Waals surface area (Å²) in [5, 5.41) is -0.0819. The lowest BCUT2D eigenvalue weighted by molar-refractivity contribution is 0.414. The van der Waals surface area contributed by atoms with Crippen molar-refractivity contribution in [2.45, 2.75) is 25.6 Å². The number of aryl methyl sites for hydroxylation is 2. The van der Waals surface area contributed by atoms with Gasteiger partial charge in [-0.15, -0.1) is 11.6 Å². The minimum atomic E-state index is -0.0819. The lowest BCUT2D eigenvalue weighted by Gasteiger charge is -2.14. The second-order valence-corrected chi connectivity index (χ2v) is 6.36. The third kappa shape index (κ3) is 3.56. The van der Waals surface area contributed by atoms with Crippen molar-refractivity contribution in [3.05, 3.63) is 63.1 Å². The fourth-order valence-corrected chi connectivity index (χ4v) is 3.15. The number of benzene rings is 2. The predicted molar refractivity (Wildman–Crippen MR) is 88.9 cm³/mol. The molecule has 0 heterocycles. The molecule has 0 aliphatic carbocycles. The van der Waals surface area contributed by atoms with Crippen LogP contribution in [0.25, 0.3) is 0 Å². The number of halogens is 2. The van der Waals surface area contributed by atoms with Crippen LogP contribution in [0.4, 0.5) is 0 Å². The van der Waals surface area contributed by atoms with Crippen molar-refractivity contribution in [1.29, 1.82) is 0 Å². The van der Waals surface area contributed by atoms with Gasteiger partial charge < -0.3 is 4.74 Å². The number of hydrogen-bond acceptors (Lipinski definition) is 1. The molecule has 0 saturated carbocycles. The molecule has 0 spiro atoms. The highest BCUT2D eigenvalue weighted by molar-refractivity contribution is 9.10. The summed E-state index contributed by atoms with van der Waals surface area (Å²) in [7, 11) is 1.67. The van der Waals surface area contributed by atoms with Gasteiger partial charge in [0.2, 0.25) is 0 Å². The summed E-state index contributed by atoms with van der Waals surface area (Å²) in [5.74, 6) is 0.828. The van der Waals surface area contributed by atoms with Gasteiger partial charge in [0.15, 0.2) is 0 Å². The molecule has 3 heteroatoms. The lowest BCUT2D eigenvalue weighted by atomic mass is 10.00. The smallest absolute Gasteiger partial charge is 0.119 e. The summed E-state index contributed by atoms with van der Waals surface area (Å²) in [6.45, 7) is 4.25. The van der Waals surface area contributed by atoms with E-state index in [2.05, 4.69) is 48.0 Å². The first-order valence-electron chi connectivity index (χ1n) is 6.55. The Hall–Kier alpha value is -0.990. The van der Waals surface area contributed by atoms with E-state index in [1.807, 2.05) is 18.2 Å². The molecule has 2 rings (SSSR count). The van der Waals surface area contributed by atoms with E-state index in [1.54, 1.807) is 7.11 Å². The van der Waals surface area contributed by atoms with Crippen LogP contribution in [0.3, 0.4) is 0 Å². The summed E-state index contributed by atoms with van der Waals surface area (Å²) in [5.41, 5.74) is 4.92. The number of methoxy groups -OCH3 is 1. The van der Waals surface area contributed by atoms with Crippen LogP contribution < -0.4 is 4.74 Å². The van der Waals surface area contributed by atoms with E-state index in [0.717, 1.165) is 22.2 Å². The fourth-order valence-electron chi connectivity index (χ4n) is 2.14. The minimum Gasteiger partial charge on any atom is -0.497 e. The molecule has 0 aliphatic rings. The molecule has 106 valence electrons. The molecule has 20 heavy (non-hydrogen) atoms. The molecule has 0 aliphatic heterocycles. The normalized spacial score (nSPS) is 12.2. The molecule has 0 fully saturated rings. The molecule has 2 aromatic carbocycles. The Balaban J connectivity index is 2.23. The van der Waals surface area contributed by atoms with Gasteiger partial charge in [0.1, 0.15) is 5.75 Å². The molecule has 1 atom stereocenters. The van der Waals surface area contributed by atoms with Gasteiger partial charge in [-0.25, -0.2) is 0 Å². The topological polar surface area (TPSA) is 9.23 Å². The van der Waals surface area contributed by atoms with E-state index < -0.39 is 0 Å².